The highest BCUT2D eigenvalue weighted by Crippen LogP contribution is 1.94. The van der Waals surface area contributed by atoms with E-state index in [0.717, 1.165) is 0 Å². The van der Waals surface area contributed by atoms with Crippen molar-refractivity contribution in [1.29, 1.82) is 5.26 Å². The van der Waals surface area contributed by atoms with E-state index in [1.165, 1.54) is 6.07 Å². The molecular formula is C4H4FNO2. The van der Waals surface area contributed by atoms with Gasteiger partial charge in [-0.1, -0.05) is 0 Å². The predicted molar refractivity (Wildman–Crippen MR) is 22.8 cm³/mol. The SMILES string of the molecule is N#CC[C@@H](F)C(=O)O. The molecule has 1 atom stereocenters. The van der Waals surface area contributed by atoms with Gasteiger partial charge in [0, 0.05) is 0 Å². The van der Waals surface area contributed by atoms with E-state index in [0.29, 0.717) is 0 Å². The quantitative estimate of drug-likeness (QED) is 0.566. The second-order valence-electron chi connectivity index (χ2n) is 1.17. The van der Waals surface area contributed by atoms with Crippen LogP contribution in [0.5, 0.6) is 0 Å². The molecule has 0 aliphatic heterocycles. The largest absolute Gasteiger partial charge is 0.479 e. The molecule has 0 aromatic carbocycles. The summed E-state index contributed by atoms with van der Waals surface area (Å²) in [7, 11) is 0. The van der Waals surface area contributed by atoms with Crippen molar-refractivity contribution in [3.8, 4) is 6.07 Å². The van der Waals surface area contributed by atoms with Crippen molar-refractivity contribution >= 4 is 5.97 Å². The first kappa shape index (κ1) is 6.89. The maximum Gasteiger partial charge on any atom is 0.339 e. The smallest absolute Gasteiger partial charge is 0.339 e. The maximum atomic E-state index is 11.7. The Morgan fingerprint density at radius 3 is 2.62 bits per heavy atom. The van der Waals surface area contributed by atoms with Gasteiger partial charge in [0.05, 0.1) is 12.5 Å². The number of hydrogen-bond acceptors (Lipinski definition) is 2. The molecule has 44 valence electrons. The lowest BCUT2D eigenvalue weighted by atomic mass is 10.3. The van der Waals surface area contributed by atoms with Crippen molar-refractivity contribution < 1.29 is 14.3 Å². The first-order valence-electron chi connectivity index (χ1n) is 1.92. The van der Waals surface area contributed by atoms with Gasteiger partial charge in [-0.3, -0.25) is 0 Å². The van der Waals surface area contributed by atoms with Gasteiger partial charge in [0.2, 0.25) is 6.17 Å². The minimum Gasteiger partial charge on any atom is -0.479 e. The normalized spacial score (nSPS) is 12.0. The van der Waals surface area contributed by atoms with Crippen LogP contribution in [0.3, 0.4) is 0 Å². The summed E-state index contributed by atoms with van der Waals surface area (Å²) in [6, 6.07) is 1.39. The molecule has 0 heterocycles. The zero-order valence-corrected chi connectivity index (χ0v) is 3.97. The molecule has 4 heteroatoms. The molecule has 0 amide bonds. The number of nitriles is 1. The molecule has 0 aliphatic carbocycles. The Bertz CT molecular complexity index is 128. The second-order valence-corrected chi connectivity index (χ2v) is 1.17. The molecule has 0 aromatic heterocycles. The highest BCUT2D eigenvalue weighted by Gasteiger charge is 2.13. The average molecular weight is 117 g/mol. The van der Waals surface area contributed by atoms with Gasteiger partial charge in [-0.05, 0) is 0 Å². The van der Waals surface area contributed by atoms with Gasteiger partial charge in [-0.25, -0.2) is 9.18 Å². The van der Waals surface area contributed by atoms with Crippen molar-refractivity contribution in [2.24, 2.45) is 0 Å². The summed E-state index contributed by atoms with van der Waals surface area (Å²) in [6.07, 6.45) is -2.60. The Hall–Kier alpha value is -1.11. The van der Waals surface area contributed by atoms with Crippen molar-refractivity contribution in [3.63, 3.8) is 0 Å². The average Bonchev–Trinajstić information content (AvgIpc) is 1.67. The lowest BCUT2D eigenvalue weighted by Crippen LogP contribution is -2.12. The molecule has 8 heavy (non-hydrogen) atoms. The highest BCUT2D eigenvalue weighted by molar-refractivity contribution is 5.72. The van der Waals surface area contributed by atoms with Gasteiger partial charge >= 0.3 is 5.97 Å². The number of carbonyl (C=O) groups is 1. The first-order valence-corrected chi connectivity index (χ1v) is 1.92. The van der Waals surface area contributed by atoms with Gasteiger partial charge < -0.3 is 5.11 Å². The number of aliphatic carboxylic acids is 1. The molecule has 0 aliphatic rings. The van der Waals surface area contributed by atoms with Gasteiger partial charge in [-0.15, -0.1) is 0 Å². The molecule has 0 aromatic rings. The first-order chi connectivity index (χ1) is 3.68. The number of carboxylic acid groups (broad SMARTS) is 1. The van der Waals surface area contributed by atoms with Crippen LogP contribution in [-0.2, 0) is 4.79 Å². The third-order valence-electron chi connectivity index (χ3n) is 0.538. The molecule has 0 fully saturated rings. The molecule has 0 unspecified atom stereocenters. The standard InChI is InChI=1S/C4H4FNO2/c5-3(1-2-6)4(7)8/h3H,1H2,(H,7,8)/t3-/m1/s1. The van der Waals surface area contributed by atoms with E-state index < -0.39 is 18.6 Å². The summed E-state index contributed by atoms with van der Waals surface area (Å²) in [6.45, 7) is 0. The minimum atomic E-state index is -2.03. The zero-order chi connectivity index (χ0) is 6.57. The lowest BCUT2D eigenvalue weighted by Gasteiger charge is -1.90. The zero-order valence-electron chi connectivity index (χ0n) is 3.97. The van der Waals surface area contributed by atoms with E-state index in [2.05, 4.69) is 0 Å². The van der Waals surface area contributed by atoms with Crippen molar-refractivity contribution in [3.05, 3.63) is 0 Å². The molecule has 0 bridgehead atoms. The molecule has 0 spiro atoms. The third-order valence-corrected chi connectivity index (χ3v) is 0.538. The van der Waals surface area contributed by atoms with Crippen LogP contribution in [0, 0.1) is 11.3 Å². The summed E-state index contributed by atoms with van der Waals surface area (Å²) < 4.78 is 11.7. The van der Waals surface area contributed by atoms with Crippen LogP contribution in [-0.4, -0.2) is 17.2 Å². The Morgan fingerprint density at radius 1 is 2.00 bits per heavy atom. The van der Waals surface area contributed by atoms with Gasteiger partial charge in [0.15, 0.2) is 0 Å². The van der Waals surface area contributed by atoms with Gasteiger partial charge in [-0.2, -0.15) is 5.26 Å². The maximum absolute atomic E-state index is 11.7. The van der Waals surface area contributed by atoms with Crippen molar-refractivity contribution in [2.45, 2.75) is 12.6 Å². The number of alkyl halides is 1. The lowest BCUT2D eigenvalue weighted by molar-refractivity contribution is -0.142. The van der Waals surface area contributed by atoms with Crippen molar-refractivity contribution in [1.82, 2.24) is 0 Å². The molecule has 0 saturated carbocycles. The Labute approximate surface area is 45.3 Å². The van der Waals surface area contributed by atoms with Crippen LogP contribution < -0.4 is 0 Å². The fourth-order valence-corrected chi connectivity index (χ4v) is 0.167. The summed E-state index contributed by atoms with van der Waals surface area (Å²) in [4.78, 5) is 9.56. The molecule has 0 saturated heterocycles. The predicted octanol–water partition coefficient (Wildman–Crippen LogP) is 0.323. The number of hydrogen-bond donors (Lipinski definition) is 1. The van der Waals surface area contributed by atoms with E-state index in [4.69, 9.17) is 10.4 Å². The van der Waals surface area contributed by atoms with E-state index >= 15 is 0 Å². The Morgan fingerprint density at radius 2 is 2.50 bits per heavy atom. The van der Waals surface area contributed by atoms with E-state index in [1.54, 1.807) is 0 Å². The third kappa shape index (κ3) is 2.13. The van der Waals surface area contributed by atoms with E-state index in [9.17, 15) is 9.18 Å². The van der Waals surface area contributed by atoms with E-state index in [1.807, 2.05) is 0 Å². The summed E-state index contributed by atoms with van der Waals surface area (Å²) in [5, 5.41) is 15.5. The summed E-state index contributed by atoms with van der Waals surface area (Å²) in [5.41, 5.74) is 0. The monoisotopic (exact) mass is 117 g/mol. The Kier molecular flexibility index (Phi) is 2.56. The van der Waals surface area contributed by atoms with Gasteiger partial charge in [0.1, 0.15) is 0 Å². The van der Waals surface area contributed by atoms with Crippen LogP contribution in [0.2, 0.25) is 0 Å². The molecule has 0 rings (SSSR count). The molecule has 1 N–H and O–H groups in total. The van der Waals surface area contributed by atoms with Gasteiger partial charge in [0.25, 0.3) is 0 Å². The van der Waals surface area contributed by atoms with Crippen LogP contribution in [0.1, 0.15) is 6.42 Å². The van der Waals surface area contributed by atoms with Crippen LogP contribution >= 0.6 is 0 Å². The fraction of sp³-hybridized carbons (Fsp3) is 0.500. The molecular weight excluding hydrogens is 113 g/mol. The topological polar surface area (TPSA) is 61.1 Å². The van der Waals surface area contributed by atoms with Crippen molar-refractivity contribution in [2.75, 3.05) is 0 Å². The summed E-state index contributed by atoms with van der Waals surface area (Å²) in [5.74, 6) is -1.58. The number of carboxylic acids is 1. The van der Waals surface area contributed by atoms with Crippen LogP contribution in [0.15, 0.2) is 0 Å². The van der Waals surface area contributed by atoms with E-state index in [-0.39, 0.29) is 0 Å². The molecule has 3 nitrogen and oxygen atoms in total. The number of rotatable bonds is 2. The second kappa shape index (κ2) is 2.97. The number of halogens is 1. The van der Waals surface area contributed by atoms with Crippen LogP contribution in [0.25, 0.3) is 0 Å². The molecule has 0 radical (unpaired) electrons. The number of nitrogens with zero attached hydrogens (tertiary/aromatic N) is 1. The fourth-order valence-electron chi connectivity index (χ4n) is 0.167. The Balaban J connectivity index is 3.52. The highest BCUT2D eigenvalue weighted by atomic mass is 19.1. The van der Waals surface area contributed by atoms with Crippen LogP contribution in [0.4, 0.5) is 4.39 Å². The minimum absolute atomic E-state index is 0.574. The summed E-state index contributed by atoms with van der Waals surface area (Å²) >= 11 is 0.